The van der Waals surface area contributed by atoms with Crippen LogP contribution in [0.3, 0.4) is 0 Å². The van der Waals surface area contributed by atoms with Crippen LogP contribution in [0.2, 0.25) is 0 Å². The van der Waals surface area contributed by atoms with Crippen molar-refractivity contribution in [1.82, 2.24) is 4.57 Å². The second-order valence-electron chi connectivity index (χ2n) is 26.1. The fourth-order valence-electron chi connectivity index (χ4n) is 8.91. The molecule has 0 saturated carbocycles. The number of aromatic nitrogens is 1. The van der Waals surface area contributed by atoms with E-state index >= 15 is 0 Å². The first-order valence-corrected chi connectivity index (χ1v) is 36.7. The molecule has 112 heavy (non-hydrogen) atoms. The van der Waals surface area contributed by atoms with E-state index in [1.54, 1.807) is 19.1 Å². The van der Waals surface area contributed by atoms with Gasteiger partial charge in [-0.1, -0.05) is 83.2 Å². The van der Waals surface area contributed by atoms with Gasteiger partial charge in [-0.05, 0) is 191 Å². The molecule has 2 N–H and O–H groups in total. The van der Waals surface area contributed by atoms with Gasteiger partial charge in [-0.25, -0.2) is 0 Å². The summed E-state index contributed by atoms with van der Waals surface area (Å²) in [7, 11) is -3.27. The minimum Gasteiger partial charge on any atom is -0.423 e. The van der Waals surface area contributed by atoms with E-state index in [1.807, 2.05) is 83.1 Å². The molecule has 0 unspecified atom stereocenters. The van der Waals surface area contributed by atoms with Gasteiger partial charge in [-0.2, -0.15) is 19.3 Å². The van der Waals surface area contributed by atoms with E-state index < -0.39 is 88.1 Å². The maximum absolute atomic E-state index is 13.3. The minimum atomic E-state index is -4.83. The molecule has 0 spiro atoms. The van der Waals surface area contributed by atoms with Crippen molar-refractivity contribution in [3.05, 3.63) is 149 Å². The van der Waals surface area contributed by atoms with Crippen LogP contribution in [0.5, 0.6) is 46.0 Å². The van der Waals surface area contributed by atoms with Crippen LogP contribution in [0.25, 0.3) is 16.8 Å². The maximum Gasteiger partial charge on any atom is 0.586 e. The average molecular weight is 2110 g/mol. The zero-order valence-corrected chi connectivity index (χ0v) is 73.7. The number of nitrogens with zero attached hydrogens (tertiary/aromatic N) is 1. The molecule has 0 bridgehead atoms. The Morgan fingerprint density at radius 2 is 0.786 bits per heavy atom. The molecule has 18 nitrogen and oxygen atoms in total. The number of rotatable bonds is 10. The zero-order chi connectivity index (χ0) is 80.2. The molecule has 41 heteroatoms. The second kappa shape index (κ2) is 45.4. The van der Waals surface area contributed by atoms with Crippen LogP contribution in [-0.2, 0) is 83.6 Å². The van der Waals surface area contributed by atoms with Crippen LogP contribution in [-0.4, -0.2) is 108 Å². The minimum absolute atomic E-state index is 0. The maximum atomic E-state index is 13.3. The number of hydrogen-bond donors (Lipinski definition) is 2. The molecule has 0 aliphatic carbocycles. The average Bonchev–Trinajstić information content (AvgIpc) is 1.58. The molecular weight excluding hydrogens is 2020 g/mol. The Balaban J connectivity index is 0. The summed E-state index contributed by atoms with van der Waals surface area (Å²) in [6.45, 7) is 31.9. The first-order valence-electron chi connectivity index (χ1n) is 32.2. The first-order chi connectivity index (χ1) is 48.7. The number of aryl methyl sites for hydroxylation is 1. The van der Waals surface area contributed by atoms with Crippen molar-refractivity contribution in [2.45, 2.75) is 218 Å². The first kappa shape index (κ1) is 111. The summed E-state index contributed by atoms with van der Waals surface area (Å²) in [6.07, 6.45) is -15.4. The fraction of sp³-hybridized carbons (Fsp3) is 0.465. The van der Waals surface area contributed by atoms with Crippen molar-refractivity contribution < 1.29 is 184 Å². The molecule has 3 fully saturated rings. The van der Waals surface area contributed by atoms with Gasteiger partial charge < -0.3 is 144 Å². The summed E-state index contributed by atoms with van der Waals surface area (Å²) >= 11 is 9.80. The van der Waals surface area contributed by atoms with Gasteiger partial charge in [0, 0.05) is 83.7 Å². The largest absolute Gasteiger partial charge is 0.586 e. The summed E-state index contributed by atoms with van der Waals surface area (Å²) in [5.41, 5.74) is -0.246. The number of hydrogen-bond acceptors (Lipinski definition) is 17. The molecular formula is C71H90B4BrF12I3NO17V3-3. The van der Waals surface area contributed by atoms with Gasteiger partial charge in [0.1, 0.15) is 11.5 Å². The number of pyridine rings is 1. The van der Waals surface area contributed by atoms with Gasteiger partial charge in [0.05, 0.1) is 33.6 Å². The van der Waals surface area contributed by atoms with E-state index in [0.717, 1.165) is 36.4 Å². The van der Waals surface area contributed by atoms with Crippen LogP contribution < -0.4 is 54.4 Å². The van der Waals surface area contributed by atoms with Gasteiger partial charge in [-0.3, -0.25) is 22.6 Å². The molecule has 3 saturated heterocycles. The van der Waals surface area contributed by atoms with E-state index in [4.69, 9.17) is 38.0 Å². The number of alkyl halides is 12. The number of benzene rings is 5. The molecule has 0 atom stereocenters. The smallest absolute Gasteiger partial charge is 0.423 e. The second-order valence-corrected chi connectivity index (χ2v) is 29.7. The van der Waals surface area contributed by atoms with Gasteiger partial charge in [-0.15, -0.1) is 52.7 Å². The third-order valence-corrected chi connectivity index (χ3v) is 19.4. The van der Waals surface area contributed by atoms with Crippen molar-refractivity contribution in [3.63, 3.8) is 0 Å². The third-order valence-electron chi connectivity index (χ3n) is 16.3. The molecule has 1 aromatic heterocycles. The van der Waals surface area contributed by atoms with E-state index in [1.165, 1.54) is 90.7 Å². The van der Waals surface area contributed by atoms with Crippen molar-refractivity contribution in [2.75, 3.05) is 0 Å². The molecule has 623 valence electrons. The normalized spacial score (nSPS) is 17.6. The molecule has 5 aromatic carbocycles. The van der Waals surface area contributed by atoms with Crippen LogP contribution in [0.1, 0.15) is 151 Å². The van der Waals surface area contributed by atoms with E-state index in [2.05, 4.69) is 156 Å². The van der Waals surface area contributed by atoms with E-state index in [0.29, 0.717) is 32.3 Å². The molecule has 3 radical (unpaired) electrons. The number of halogens is 16. The van der Waals surface area contributed by atoms with Gasteiger partial charge in [0.2, 0.25) is 0 Å². The predicted molar refractivity (Wildman–Crippen MR) is 425 cm³/mol. The Morgan fingerprint density at radius 1 is 0.473 bits per heavy atom. The van der Waals surface area contributed by atoms with Crippen LogP contribution >= 0.6 is 83.7 Å². The SMILES string of the molecule is C.C.C.CC1(C)OB(B2OC(C)(C)C(C)(C)O2)OC1(C)C.CC1(C)OB(c2ccc3c(c2)OC(F)(F)O3)OC1(C)C.CC[CH-]I.CC[CH-]I.CC[CH-]I.Cc1cc(=O)n(-c2ccc(OC(F)(F)F)cc2)cc1-c1ccc2c(c1)OC(F)(F)O2.FC1(F)Oc2ccc(Br)cc2O1.OB(O)c1ccc(OC(F)(F)F)cc1.[V].[V].[V]. The number of ether oxygens (including phenoxy) is 8. The van der Waals surface area contributed by atoms with Crippen LogP contribution in [0, 0.1) is 20.2 Å². The van der Waals surface area contributed by atoms with E-state index in [-0.39, 0.29) is 140 Å². The van der Waals surface area contributed by atoms with Gasteiger partial charge >= 0.3 is 59.9 Å². The van der Waals surface area contributed by atoms with Crippen molar-refractivity contribution in [3.8, 4) is 62.8 Å². The Bertz CT molecular complexity index is 3830. The molecule has 6 aromatic rings. The molecule has 6 aliphatic rings. The van der Waals surface area contributed by atoms with Crippen molar-refractivity contribution in [1.29, 1.82) is 0 Å². The summed E-state index contributed by atoms with van der Waals surface area (Å²) in [4.78, 5) is 12.4. The standard InChI is InChI=1S/C20H12F5NO4.C13H15BF2O4.C12H24B2O4.C7H6BF3O3.C7H3BrF2O2.3C3H6I.3CH4.3V/c1-11-8-18(27)26(13-3-5-14(6-4-13)28-19(21,22)23)10-15(11)12-2-7-16-17(9-12)30-20(24,25)29-16;1-11(2)12(3,4)20-14(19-11)8-5-6-9-10(7-8)18-13(15,16)17-9;1-9(2)10(3,4)16-13(15-9)14-17-11(5,6)12(7,8)18-14;9-7(10,11)14-6-3-1-5(2-4-6)8(12)13;8-4-1-2-5-6(3-4)12-7(9,10)11-5;3*1-2-3-4;;;;;;/h2-10H,1H3;5-7H,1-4H3;1-8H3;1-4,12-13H;1-3H;3*3H,2H2,1H3;3*1H4;;;/q;;;;;3*-1;;;;;;. The summed E-state index contributed by atoms with van der Waals surface area (Å²) in [5.74, 6) is -0.987. The fourth-order valence-corrected chi connectivity index (χ4v) is 9.25. The Hall–Kier alpha value is -3.03. The van der Waals surface area contributed by atoms with Crippen molar-refractivity contribution in [2.24, 2.45) is 0 Å². The topological polar surface area (TPSA) is 192 Å². The summed E-state index contributed by atoms with van der Waals surface area (Å²) in [5, 5.41) is 17.3. The summed E-state index contributed by atoms with van der Waals surface area (Å²) in [6, 6.07) is 23.5. The number of fused-ring (bicyclic) bond motifs is 3. The molecule has 12 rings (SSSR count). The third kappa shape index (κ3) is 32.6. The Labute approximate surface area is 734 Å². The van der Waals surface area contributed by atoms with E-state index in [9.17, 15) is 57.5 Å². The van der Waals surface area contributed by atoms with Gasteiger partial charge in [0.25, 0.3) is 5.56 Å². The van der Waals surface area contributed by atoms with Crippen LogP contribution in [0.4, 0.5) is 52.7 Å². The molecule has 0 amide bonds. The Morgan fingerprint density at radius 3 is 1.13 bits per heavy atom. The Kier molecular flexibility index (Phi) is 45.0. The molecule has 6 aliphatic heterocycles. The zero-order valence-electron chi connectivity index (χ0n) is 61.5. The van der Waals surface area contributed by atoms with Gasteiger partial charge in [0.15, 0.2) is 34.5 Å². The quantitative estimate of drug-likeness (QED) is 0.0569. The monoisotopic (exact) mass is 2110 g/mol. The summed E-state index contributed by atoms with van der Waals surface area (Å²) < 4.78 is 226. The van der Waals surface area contributed by atoms with Crippen LogP contribution in [0.15, 0.2) is 125 Å². The van der Waals surface area contributed by atoms with Crippen molar-refractivity contribution >= 4 is 123 Å². The molecule has 7 heterocycles. The predicted octanol–water partition coefficient (Wildman–Crippen LogP) is 20.5.